The lowest BCUT2D eigenvalue weighted by Crippen LogP contribution is -2.47. The number of ether oxygens (including phenoxy) is 1. The fourth-order valence-corrected chi connectivity index (χ4v) is 6.53. The summed E-state index contributed by atoms with van der Waals surface area (Å²) >= 11 is 0. The van der Waals surface area contributed by atoms with Crippen LogP contribution in [-0.4, -0.2) is 34.7 Å². The summed E-state index contributed by atoms with van der Waals surface area (Å²) in [6.45, 7) is 4.19. The Hall–Kier alpha value is -1.79. The van der Waals surface area contributed by atoms with Gasteiger partial charge in [-0.25, -0.2) is 8.42 Å². The molecule has 1 heterocycles. The van der Waals surface area contributed by atoms with E-state index in [0.29, 0.717) is 4.90 Å². The molecule has 1 aliphatic rings. The first-order chi connectivity index (χ1) is 14.3. The van der Waals surface area contributed by atoms with Gasteiger partial charge in [0.1, 0.15) is 13.6 Å². The van der Waals surface area contributed by atoms with Crippen molar-refractivity contribution in [2.75, 3.05) is 12.9 Å². The number of sulfone groups is 1. The van der Waals surface area contributed by atoms with Crippen LogP contribution in [0.2, 0.25) is 6.32 Å². The quantitative estimate of drug-likeness (QED) is 0.645. The van der Waals surface area contributed by atoms with Crippen LogP contribution in [0.25, 0.3) is 0 Å². The summed E-state index contributed by atoms with van der Waals surface area (Å²) in [6.07, 6.45) is 5.72. The van der Waals surface area contributed by atoms with Gasteiger partial charge in [0.05, 0.1) is 23.8 Å². The highest BCUT2D eigenvalue weighted by molar-refractivity contribution is 7.91. The van der Waals surface area contributed by atoms with E-state index in [1.807, 2.05) is 30.3 Å². The average Bonchev–Trinajstić information content (AvgIpc) is 2.82. The van der Waals surface area contributed by atoms with Crippen LogP contribution in [-0.2, 0) is 16.3 Å². The van der Waals surface area contributed by atoms with E-state index in [2.05, 4.69) is 39.1 Å². The van der Waals surface area contributed by atoms with Crippen molar-refractivity contribution in [3.05, 3.63) is 59.2 Å². The summed E-state index contributed by atoms with van der Waals surface area (Å²) in [5.41, 5.74) is 2.34. The topological polar surface area (TPSA) is 55.4 Å². The van der Waals surface area contributed by atoms with Gasteiger partial charge in [-0.3, -0.25) is 5.32 Å². The molecule has 0 saturated heterocycles. The van der Waals surface area contributed by atoms with Gasteiger partial charge in [-0.1, -0.05) is 62.8 Å². The van der Waals surface area contributed by atoms with E-state index in [9.17, 15) is 8.42 Å². The first kappa shape index (κ1) is 22.9. The highest BCUT2D eigenvalue weighted by atomic mass is 32.2. The van der Waals surface area contributed by atoms with Gasteiger partial charge in [-0.2, -0.15) is 0 Å². The Kier molecular flexibility index (Phi) is 7.30. The van der Waals surface area contributed by atoms with E-state index in [4.69, 9.17) is 4.74 Å². The predicted molar refractivity (Wildman–Crippen MR) is 126 cm³/mol. The van der Waals surface area contributed by atoms with Gasteiger partial charge in [-0.15, -0.1) is 0 Å². The number of benzene rings is 2. The Morgan fingerprint density at radius 2 is 1.93 bits per heavy atom. The smallest absolute Gasteiger partial charge is 0.180 e. The summed E-state index contributed by atoms with van der Waals surface area (Å²) in [5, 5.41) is 3.73. The Balaban J connectivity index is 2.21. The lowest BCUT2D eigenvalue weighted by molar-refractivity contribution is 0.331. The first-order valence-electron chi connectivity index (χ1n) is 11.1. The third-order valence-corrected chi connectivity index (χ3v) is 8.12. The molecule has 4 nitrogen and oxygen atoms in total. The molecule has 30 heavy (non-hydrogen) atoms. The minimum absolute atomic E-state index is 0.107. The number of rotatable bonds is 8. The molecule has 0 radical (unpaired) electrons. The van der Waals surface area contributed by atoms with Crippen LogP contribution in [0.4, 0.5) is 0 Å². The van der Waals surface area contributed by atoms with Crippen molar-refractivity contribution in [2.24, 2.45) is 0 Å². The largest absolute Gasteiger partial charge is 0.496 e. The summed E-state index contributed by atoms with van der Waals surface area (Å²) in [6, 6.07) is 13.8. The van der Waals surface area contributed by atoms with Crippen LogP contribution in [0.3, 0.4) is 0 Å². The van der Waals surface area contributed by atoms with Crippen molar-refractivity contribution in [1.29, 1.82) is 0 Å². The molecule has 162 valence electrons. The Bertz CT molecular complexity index is 962. The van der Waals surface area contributed by atoms with Gasteiger partial charge in [0.2, 0.25) is 0 Å². The molecule has 2 aromatic carbocycles. The van der Waals surface area contributed by atoms with Crippen molar-refractivity contribution in [1.82, 2.24) is 5.32 Å². The number of hydrogen-bond acceptors (Lipinski definition) is 4. The van der Waals surface area contributed by atoms with Crippen LogP contribution in [0, 0.1) is 0 Å². The molecule has 1 aliphatic heterocycles. The molecule has 3 rings (SSSR count). The normalized spacial score (nSPS) is 22.8. The maximum Gasteiger partial charge on any atom is 0.180 e. The number of fused-ring (bicyclic) bond motifs is 1. The fraction of sp³-hybridized carbons (Fsp3) is 0.500. The second-order valence-corrected chi connectivity index (χ2v) is 10.7. The molecule has 0 amide bonds. The Labute approximate surface area is 182 Å². The van der Waals surface area contributed by atoms with Crippen molar-refractivity contribution >= 4 is 17.7 Å². The average molecular weight is 427 g/mol. The number of aryl methyl sites for hydroxylation is 1. The SMILES string of the molecule is BCCCc1cc2c(cc1OC)[C@@H](c1ccccc1)N[C@](C)(CCCC)CS2(=O)=O. The van der Waals surface area contributed by atoms with Crippen molar-refractivity contribution in [2.45, 2.75) is 68.7 Å². The lowest BCUT2D eigenvalue weighted by atomic mass is 9.90. The van der Waals surface area contributed by atoms with Gasteiger partial charge in [-0.05, 0) is 48.6 Å². The van der Waals surface area contributed by atoms with Crippen LogP contribution >= 0.6 is 0 Å². The van der Waals surface area contributed by atoms with E-state index in [0.717, 1.165) is 60.9 Å². The van der Waals surface area contributed by atoms with Crippen molar-refractivity contribution in [3.8, 4) is 5.75 Å². The second kappa shape index (κ2) is 9.57. The zero-order valence-corrected chi connectivity index (χ0v) is 19.5. The molecule has 6 heteroatoms. The fourth-order valence-electron chi connectivity index (χ4n) is 4.45. The summed E-state index contributed by atoms with van der Waals surface area (Å²) in [4.78, 5) is 0.455. The number of methoxy groups -OCH3 is 1. The maximum atomic E-state index is 13.6. The van der Waals surface area contributed by atoms with E-state index < -0.39 is 15.4 Å². The third-order valence-electron chi connectivity index (χ3n) is 6.07. The first-order valence-corrected chi connectivity index (χ1v) is 12.7. The zero-order chi connectivity index (χ0) is 21.8. The van der Waals surface area contributed by atoms with E-state index in [1.165, 1.54) is 0 Å². The minimum Gasteiger partial charge on any atom is -0.496 e. The van der Waals surface area contributed by atoms with Crippen LogP contribution < -0.4 is 10.1 Å². The molecule has 0 aliphatic carbocycles. The molecule has 0 fully saturated rings. The highest BCUT2D eigenvalue weighted by Crippen LogP contribution is 2.40. The minimum atomic E-state index is -3.45. The van der Waals surface area contributed by atoms with Gasteiger partial charge in [0.15, 0.2) is 9.84 Å². The zero-order valence-electron chi connectivity index (χ0n) is 18.7. The Morgan fingerprint density at radius 1 is 1.20 bits per heavy atom. The number of hydrogen-bond donors (Lipinski definition) is 1. The molecule has 1 N–H and O–H groups in total. The standard InChI is InChI=1S/C24H34BNO3S/c1-4-5-13-24(2)17-30(27,28)22-15-19(12-9-14-25)21(29-3)16-20(22)23(26-24)18-10-7-6-8-11-18/h6-8,10-11,15-16,23,26H,4-5,9,12-14,17,25H2,1-3H3/t23-,24-/m1/s1. The third kappa shape index (κ3) is 4.92. The summed E-state index contributed by atoms with van der Waals surface area (Å²) < 4.78 is 32.9. The highest BCUT2D eigenvalue weighted by Gasteiger charge is 2.40. The van der Waals surface area contributed by atoms with Crippen LogP contribution in [0.5, 0.6) is 5.75 Å². The van der Waals surface area contributed by atoms with E-state index in [1.54, 1.807) is 7.11 Å². The van der Waals surface area contributed by atoms with Crippen molar-refractivity contribution in [3.63, 3.8) is 0 Å². The second-order valence-electron chi connectivity index (χ2n) is 8.72. The monoisotopic (exact) mass is 427 g/mol. The molecule has 2 atom stereocenters. The van der Waals surface area contributed by atoms with E-state index in [-0.39, 0.29) is 11.8 Å². The molecule has 0 bridgehead atoms. The maximum absolute atomic E-state index is 13.6. The number of unbranched alkanes of at least 4 members (excludes halogenated alkanes) is 1. The van der Waals surface area contributed by atoms with Gasteiger partial charge >= 0.3 is 0 Å². The van der Waals surface area contributed by atoms with Gasteiger partial charge < -0.3 is 4.74 Å². The van der Waals surface area contributed by atoms with Crippen molar-refractivity contribution < 1.29 is 13.2 Å². The van der Waals surface area contributed by atoms with Gasteiger partial charge in [0.25, 0.3) is 0 Å². The van der Waals surface area contributed by atoms with E-state index >= 15 is 0 Å². The molecule has 0 spiro atoms. The molecule has 2 aromatic rings. The number of nitrogens with one attached hydrogen (secondary N) is 1. The van der Waals surface area contributed by atoms with Crippen LogP contribution in [0.15, 0.2) is 47.4 Å². The molecular weight excluding hydrogens is 393 g/mol. The summed E-state index contributed by atoms with van der Waals surface area (Å²) in [5.74, 6) is 0.882. The summed E-state index contributed by atoms with van der Waals surface area (Å²) in [7, 11) is 0.357. The molecule has 0 unspecified atom stereocenters. The lowest BCUT2D eigenvalue weighted by Gasteiger charge is -2.33. The van der Waals surface area contributed by atoms with Gasteiger partial charge in [0, 0.05) is 5.54 Å². The Morgan fingerprint density at radius 3 is 2.57 bits per heavy atom. The molecule has 0 aromatic heterocycles. The predicted octanol–water partition coefficient (Wildman–Crippen LogP) is 4.09. The molecule has 0 saturated carbocycles. The molecular formula is C24H34BNO3S. The van der Waals surface area contributed by atoms with Crippen LogP contribution in [0.1, 0.15) is 62.3 Å².